The Morgan fingerprint density at radius 2 is 1.52 bits per heavy atom. The molecule has 0 unspecified atom stereocenters. The molecule has 2 rings (SSSR count). The summed E-state index contributed by atoms with van der Waals surface area (Å²) < 4.78 is 17.1. The summed E-state index contributed by atoms with van der Waals surface area (Å²) in [5.41, 5.74) is 3.43. The number of hydrogen-bond acceptors (Lipinski definition) is 3. The fourth-order valence-corrected chi connectivity index (χ4v) is 2.86. The average Bonchev–Trinajstić information content (AvgIpc) is 2.49. The van der Waals surface area contributed by atoms with Crippen molar-refractivity contribution in [2.75, 3.05) is 21.3 Å². The first-order chi connectivity index (χ1) is 10.1. The van der Waals surface area contributed by atoms with Crippen molar-refractivity contribution in [1.29, 1.82) is 0 Å². The zero-order chi connectivity index (χ0) is 15.4. The van der Waals surface area contributed by atoms with E-state index in [9.17, 15) is 0 Å². The maximum absolute atomic E-state index is 5.39. The van der Waals surface area contributed by atoms with Crippen LogP contribution in [0.15, 0.2) is 34.8 Å². The minimum absolute atomic E-state index is 0.738. The summed E-state index contributed by atoms with van der Waals surface area (Å²) in [5.74, 6) is 2.38. The van der Waals surface area contributed by atoms with Crippen LogP contribution in [0.4, 0.5) is 0 Å². The highest BCUT2D eigenvalue weighted by Crippen LogP contribution is 2.32. The highest BCUT2D eigenvalue weighted by molar-refractivity contribution is 9.10. The molecule has 0 spiro atoms. The van der Waals surface area contributed by atoms with Crippen LogP contribution in [0.3, 0.4) is 0 Å². The Morgan fingerprint density at radius 1 is 0.857 bits per heavy atom. The fraction of sp³-hybridized carbons (Fsp3) is 0.294. The molecule has 0 atom stereocenters. The zero-order valence-corrected chi connectivity index (χ0v) is 14.3. The van der Waals surface area contributed by atoms with Crippen molar-refractivity contribution < 1.29 is 14.2 Å². The Morgan fingerprint density at radius 3 is 2.14 bits per heavy atom. The van der Waals surface area contributed by atoms with Gasteiger partial charge in [-0.1, -0.05) is 22.0 Å². The summed E-state index contributed by atoms with van der Waals surface area (Å²) in [7, 11) is 4.97. The SMILES string of the molecule is COc1cc(Cc2ccc(OC)c(OC)c2)c(Br)cc1C. The number of aryl methyl sites for hydroxylation is 1. The highest BCUT2D eigenvalue weighted by atomic mass is 79.9. The number of benzene rings is 2. The molecule has 0 aliphatic heterocycles. The monoisotopic (exact) mass is 350 g/mol. The van der Waals surface area contributed by atoms with E-state index in [0.717, 1.165) is 39.3 Å². The summed E-state index contributed by atoms with van der Waals surface area (Å²) in [4.78, 5) is 0. The number of hydrogen-bond donors (Lipinski definition) is 0. The normalized spacial score (nSPS) is 10.3. The molecule has 0 saturated heterocycles. The molecule has 4 heteroatoms. The number of ether oxygens (including phenoxy) is 3. The molecule has 2 aromatic rings. The molecule has 0 radical (unpaired) electrons. The lowest BCUT2D eigenvalue weighted by molar-refractivity contribution is 0.354. The molecule has 0 fully saturated rings. The van der Waals surface area contributed by atoms with Crippen molar-refractivity contribution in [3.63, 3.8) is 0 Å². The molecule has 0 N–H and O–H groups in total. The molecular weight excluding hydrogens is 332 g/mol. The second kappa shape index (κ2) is 6.85. The minimum Gasteiger partial charge on any atom is -0.496 e. The third kappa shape index (κ3) is 3.50. The van der Waals surface area contributed by atoms with Crippen molar-refractivity contribution in [3.8, 4) is 17.2 Å². The standard InChI is InChI=1S/C17H19BrO3/c1-11-7-14(18)13(10-16(11)20-3)8-12-5-6-15(19-2)17(9-12)21-4/h5-7,9-10H,8H2,1-4H3. The summed E-state index contributed by atoms with van der Waals surface area (Å²) >= 11 is 3.62. The van der Waals surface area contributed by atoms with Gasteiger partial charge in [0.05, 0.1) is 21.3 Å². The first kappa shape index (κ1) is 15.7. The molecule has 0 aromatic heterocycles. The predicted octanol–water partition coefficient (Wildman–Crippen LogP) is 4.37. The van der Waals surface area contributed by atoms with E-state index in [-0.39, 0.29) is 0 Å². The van der Waals surface area contributed by atoms with Gasteiger partial charge in [-0.2, -0.15) is 0 Å². The van der Waals surface area contributed by atoms with Crippen LogP contribution >= 0.6 is 15.9 Å². The lowest BCUT2D eigenvalue weighted by atomic mass is 10.0. The first-order valence-corrected chi connectivity index (χ1v) is 7.42. The van der Waals surface area contributed by atoms with Crippen molar-refractivity contribution in [2.24, 2.45) is 0 Å². The Labute approximate surface area is 134 Å². The molecule has 0 heterocycles. The fourth-order valence-electron chi connectivity index (χ4n) is 2.26. The van der Waals surface area contributed by atoms with Gasteiger partial charge in [0.15, 0.2) is 11.5 Å². The van der Waals surface area contributed by atoms with E-state index in [1.807, 2.05) is 25.1 Å². The summed E-state index contributed by atoms with van der Waals surface area (Å²) in [6.45, 7) is 2.03. The van der Waals surface area contributed by atoms with Crippen molar-refractivity contribution in [2.45, 2.75) is 13.3 Å². The van der Waals surface area contributed by atoms with Crippen LogP contribution < -0.4 is 14.2 Å². The van der Waals surface area contributed by atoms with Gasteiger partial charge in [-0.3, -0.25) is 0 Å². The third-order valence-corrected chi connectivity index (χ3v) is 4.14. The first-order valence-electron chi connectivity index (χ1n) is 6.63. The summed E-state index contributed by atoms with van der Waals surface area (Å²) in [6, 6.07) is 10.1. The van der Waals surface area contributed by atoms with Crippen LogP contribution in [-0.2, 0) is 6.42 Å². The van der Waals surface area contributed by atoms with Crippen LogP contribution in [-0.4, -0.2) is 21.3 Å². The minimum atomic E-state index is 0.738. The van der Waals surface area contributed by atoms with E-state index < -0.39 is 0 Å². The lowest BCUT2D eigenvalue weighted by Crippen LogP contribution is -1.96. The van der Waals surface area contributed by atoms with Gasteiger partial charge >= 0.3 is 0 Å². The van der Waals surface area contributed by atoms with Gasteiger partial charge in [0.25, 0.3) is 0 Å². The molecule has 3 nitrogen and oxygen atoms in total. The van der Waals surface area contributed by atoms with Gasteiger partial charge in [0.1, 0.15) is 5.75 Å². The smallest absolute Gasteiger partial charge is 0.160 e. The van der Waals surface area contributed by atoms with Crippen LogP contribution in [0.25, 0.3) is 0 Å². The third-order valence-electron chi connectivity index (χ3n) is 3.41. The van der Waals surface area contributed by atoms with Gasteiger partial charge in [0, 0.05) is 4.47 Å². The largest absolute Gasteiger partial charge is 0.496 e. The lowest BCUT2D eigenvalue weighted by Gasteiger charge is -2.12. The summed E-state index contributed by atoms with van der Waals surface area (Å²) in [5, 5.41) is 0. The van der Waals surface area contributed by atoms with E-state index >= 15 is 0 Å². The van der Waals surface area contributed by atoms with E-state index in [1.54, 1.807) is 21.3 Å². The molecule has 0 aliphatic carbocycles. The van der Waals surface area contributed by atoms with Gasteiger partial charge in [-0.25, -0.2) is 0 Å². The molecular formula is C17H19BrO3. The molecule has 2 aromatic carbocycles. The van der Waals surface area contributed by atoms with Gasteiger partial charge in [-0.05, 0) is 54.3 Å². The Kier molecular flexibility index (Phi) is 5.12. The van der Waals surface area contributed by atoms with Crippen LogP contribution in [0.1, 0.15) is 16.7 Å². The number of methoxy groups -OCH3 is 3. The molecule has 21 heavy (non-hydrogen) atoms. The molecule has 0 amide bonds. The molecule has 0 saturated carbocycles. The van der Waals surface area contributed by atoms with Crippen LogP contribution in [0.5, 0.6) is 17.2 Å². The quantitative estimate of drug-likeness (QED) is 0.800. The second-order valence-corrected chi connectivity index (χ2v) is 5.63. The van der Waals surface area contributed by atoms with Gasteiger partial charge in [-0.15, -0.1) is 0 Å². The Hall–Kier alpha value is -1.68. The van der Waals surface area contributed by atoms with E-state index in [0.29, 0.717) is 0 Å². The van der Waals surface area contributed by atoms with E-state index in [2.05, 4.69) is 28.1 Å². The van der Waals surface area contributed by atoms with Crippen LogP contribution in [0.2, 0.25) is 0 Å². The Bertz CT molecular complexity index is 638. The number of rotatable bonds is 5. The topological polar surface area (TPSA) is 27.7 Å². The predicted molar refractivity (Wildman–Crippen MR) is 87.8 cm³/mol. The number of halogens is 1. The Balaban J connectivity index is 2.34. The molecule has 112 valence electrons. The second-order valence-electron chi connectivity index (χ2n) is 4.78. The summed E-state index contributed by atoms with van der Waals surface area (Å²) in [6.07, 6.45) is 0.789. The van der Waals surface area contributed by atoms with Crippen molar-refractivity contribution >= 4 is 15.9 Å². The van der Waals surface area contributed by atoms with Gasteiger partial charge < -0.3 is 14.2 Å². The van der Waals surface area contributed by atoms with Crippen molar-refractivity contribution in [1.82, 2.24) is 0 Å². The highest BCUT2D eigenvalue weighted by Gasteiger charge is 2.09. The van der Waals surface area contributed by atoms with E-state index in [1.165, 1.54) is 5.56 Å². The average molecular weight is 351 g/mol. The van der Waals surface area contributed by atoms with Crippen LogP contribution in [0, 0.1) is 6.92 Å². The molecule has 0 aliphatic rings. The molecule has 0 bridgehead atoms. The maximum Gasteiger partial charge on any atom is 0.160 e. The maximum atomic E-state index is 5.39. The van der Waals surface area contributed by atoms with Gasteiger partial charge in [0.2, 0.25) is 0 Å². The zero-order valence-electron chi connectivity index (χ0n) is 12.7. The van der Waals surface area contributed by atoms with Crippen molar-refractivity contribution in [3.05, 3.63) is 51.5 Å². The van der Waals surface area contributed by atoms with E-state index in [4.69, 9.17) is 14.2 Å².